The number of hydrogen-bond acceptors (Lipinski definition) is 2. The van der Waals surface area contributed by atoms with E-state index in [0.29, 0.717) is 23.1 Å². The van der Waals surface area contributed by atoms with Gasteiger partial charge in [0.15, 0.2) is 0 Å². The standard InChI is InChI=1S/C11H12Cl2N2/c1-2-5-15-11(7-14)8-3-4-9(12)10(13)6-8/h1,3-4,6,11,15H,5,7,14H2. The van der Waals surface area contributed by atoms with Crippen LogP contribution in [0.3, 0.4) is 0 Å². The minimum absolute atomic E-state index is 0.0100. The summed E-state index contributed by atoms with van der Waals surface area (Å²) in [7, 11) is 0. The number of hydrogen-bond donors (Lipinski definition) is 2. The van der Waals surface area contributed by atoms with Gasteiger partial charge in [-0.15, -0.1) is 6.42 Å². The molecule has 1 unspecified atom stereocenters. The van der Waals surface area contributed by atoms with Gasteiger partial charge in [0.1, 0.15) is 0 Å². The lowest BCUT2D eigenvalue weighted by Crippen LogP contribution is -2.28. The van der Waals surface area contributed by atoms with Crippen LogP contribution in [0.2, 0.25) is 10.0 Å². The molecule has 0 aromatic heterocycles. The maximum Gasteiger partial charge on any atom is 0.0595 e. The molecule has 0 radical (unpaired) electrons. The highest BCUT2D eigenvalue weighted by Gasteiger charge is 2.09. The number of benzene rings is 1. The lowest BCUT2D eigenvalue weighted by molar-refractivity contribution is 0.582. The molecule has 3 N–H and O–H groups in total. The second-order valence-corrected chi connectivity index (χ2v) is 3.86. The van der Waals surface area contributed by atoms with Gasteiger partial charge in [0.05, 0.1) is 16.6 Å². The quantitative estimate of drug-likeness (QED) is 0.795. The van der Waals surface area contributed by atoms with Crippen LogP contribution >= 0.6 is 23.2 Å². The molecule has 0 bridgehead atoms. The van der Waals surface area contributed by atoms with Crippen molar-refractivity contribution in [2.45, 2.75) is 6.04 Å². The summed E-state index contributed by atoms with van der Waals surface area (Å²) in [6.07, 6.45) is 5.16. The Morgan fingerprint density at radius 3 is 2.67 bits per heavy atom. The van der Waals surface area contributed by atoms with E-state index < -0.39 is 0 Å². The zero-order valence-corrected chi connectivity index (χ0v) is 9.65. The molecule has 4 heteroatoms. The van der Waals surface area contributed by atoms with Gasteiger partial charge in [-0.3, -0.25) is 5.32 Å². The second kappa shape index (κ2) is 5.99. The van der Waals surface area contributed by atoms with Crippen LogP contribution in [0.4, 0.5) is 0 Å². The van der Waals surface area contributed by atoms with Gasteiger partial charge >= 0.3 is 0 Å². The van der Waals surface area contributed by atoms with Crippen molar-refractivity contribution >= 4 is 23.2 Å². The first-order valence-corrected chi connectivity index (χ1v) is 5.26. The van der Waals surface area contributed by atoms with E-state index in [1.807, 2.05) is 6.07 Å². The van der Waals surface area contributed by atoms with E-state index in [9.17, 15) is 0 Å². The highest BCUT2D eigenvalue weighted by molar-refractivity contribution is 6.42. The van der Waals surface area contributed by atoms with Gasteiger partial charge < -0.3 is 5.73 Å². The normalized spacial score (nSPS) is 12.1. The number of rotatable bonds is 4. The minimum Gasteiger partial charge on any atom is -0.329 e. The van der Waals surface area contributed by atoms with Gasteiger partial charge in [0.25, 0.3) is 0 Å². The molecule has 0 saturated carbocycles. The Kier molecular flexibility index (Phi) is 4.93. The van der Waals surface area contributed by atoms with Crippen molar-refractivity contribution in [3.05, 3.63) is 33.8 Å². The molecule has 1 atom stereocenters. The first-order valence-electron chi connectivity index (χ1n) is 4.51. The van der Waals surface area contributed by atoms with Gasteiger partial charge in [-0.1, -0.05) is 35.2 Å². The second-order valence-electron chi connectivity index (χ2n) is 3.05. The van der Waals surface area contributed by atoms with Crippen molar-refractivity contribution in [1.82, 2.24) is 5.32 Å². The van der Waals surface area contributed by atoms with E-state index in [1.165, 1.54) is 0 Å². The van der Waals surface area contributed by atoms with Gasteiger partial charge in [0, 0.05) is 12.6 Å². The molecule has 80 valence electrons. The van der Waals surface area contributed by atoms with Crippen molar-refractivity contribution in [3.8, 4) is 12.3 Å². The first kappa shape index (κ1) is 12.4. The Balaban J connectivity index is 2.83. The SMILES string of the molecule is C#CCNC(CN)c1ccc(Cl)c(Cl)c1. The van der Waals surface area contributed by atoms with Crippen molar-refractivity contribution in [3.63, 3.8) is 0 Å². The van der Waals surface area contributed by atoms with Crippen molar-refractivity contribution in [2.24, 2.45) is 5.73 Å². The summed E-state index contributed by atoms with van der Waals surface area (Å²) < 4.78 is 0. The molecule has 0 spiro atoms. The van der Waals surface area contributed by atoms with Crippen LogP contribution in [0.5, 0.6) is 0 Å². The predicted molar refractivity (Wildman–Crippen MR) is 65.1 cm³/mol. The van der Waals surface area contributed by atoms with Crippen LogP contribution < -0.4 is 11.1 Å². The number of terminal acetylenes is 1. The van der Waals surface area contributed by atoms with Crippen molar-refractivity contribution in [1.29, 1.82) is 0 Å². The summed E-state index contributed by atoms with van der Waals surface area (Å²) in [4.78, 5) is 0. The average Bonchev–Trinajstić information content (AvgIpc) is 2.24. The predicted octanol–water partition coefficient (Wildman–Crippen LogP) is 2.22. The summed E-state index contributed by atoms with van der Waals surface area (Å²) in [6.45, 7) is 0.932. The monoisotopic (exact) mass is 242 g/mol. The largest absolute Gasteiger partial charge is 0.329 e. The fourth-order valence-electron chi connectivity index (χ4n) is 1.25. The molecule has 15 heavy (non-hydrogen) atoms. The maximum absolute atomic E-state index is 5.91. The fraction of sp³-hybridized carbons (Fsp3) is 0.273. The molecule has 2 nitrogen and oxygen atoms in total. The molecule has 0 amide bonds. The summed E-state index contributed by atoms with van der Waals surface area (Å²) in [5.41, 5.74) is 6.61. The van der Waals surface area contributed by atoms with Crippen LogP contribution in [-0.4, -0.2) is 13.1 Å². The van der Waals surface area contributed by atoms with Gasteiger partial charge in [0.2, 0.25) is 0 Å². The van der Waals surface area contributed by atoms with Crippen LogP contribution in [0.25, 0.3) is 0 Å². The van der Waals surface area contributed by atoms with E-state index in [-0.39, 0.29) is 6.04 Å². The molecular formula is C11H12Cl2N2. The average molecular weight is 243 g/mol. The molecule has 0 fully saturated rings. The summed E-state index contributed by atoms with van der Waals surface area (Å²) in [6, 6.07) is 5.44. The van der Waals surface area contributed by atoms with E-state index in [4.69, 9.17) is 35.4 Å². The minimum atomic E-state index is 0.0100. The Bertz CT molecular complexity index is 371. The van der Waals surface area contributed by atoms with Gasteiger partial charge in [-0.05, 0) is 17.7 Å². The number of halogens is 2. The lowest BCUT2D eigenvalue weighted by atomic mass is 10.1. The van der Waals surface area contributed by atoms with Crippen LogP contribution in [0.1, 0.15) is 11.6 Å². The summed E-state index contributed by atoms with van der Waals surface area (Å²) in [5.74, 6) is 2.50. The van der Waals surface area contributed by atoms with E-state index >= 15 is 0 Å². The topological polar surface area (TPSA) is 38.0 Å². The number of nitrogens with one attached hydrogen (secondary N) is 1. The highest BCUT2D eigenvalue weighted by atomic mass is 35.5. The Morgan fingerprint density at radius 1 is 1.40 bits per heavy atom. The molecule has 0 aliphatic rings. The maximum atomic E-state index is 5.91. The van der Waals surface area contributed by atoms with E-state index in [1.54, 1.807) is 12.1 Å². The molecule has 0 heterocycles. The smallest absolute Gasteiger partial charge is 0.0595 e. The lowest BCUT2D eigenvalue weighted by Gasteiger charge is -2.16. The zero-order chi connectivity index (χ0) is 11.3. The molecule has 1 aromatic rings. The van der Waals surface area contributed by atoms with Crippen molar-refractivity contribution < 1.29 is 0 Å². The van der Waals surface area contributed by atoms with Crippen molar-refractivity contribution in [2.75, 3.05) is 13.1 Å². The zero-order valence-electron chi connectivity index (χ0n) is 8.13. The molecule has 0 saturated heterocycles. The van der Waals surface area contributed by atoms with Crippen LogP contribution in [0.15, 0.2) is 18.2 Å². The molecular weight excluding hydrogens is 231 g/mol. The Labute approximate surface area is 99.8 Å². The molecule has 1 rings (SSSR count). The summed E-state index contributed by atoms with van der Waals surface area (Å²) in [5, 5.41) is 4.18. The number of nitrogens with two attached hydrogens (primary N) is 1. The molecule has 0 aliphatic carbocycles. The molecule has 1 aromatic carbocycles. The van der Waals surface area contributed by atoms with Crippen LogP contribution in [0, 0.1) is 12.3 Å². The fourth-order valence-corrected chi connectivity index (χ4v) is 1.56. The van der Waals surface area contributed by atoms with Crippen LogP contribution in [-0.2, 0) is 0 Å². The third-order valence-corrected chi connectivity index (χ3v) is 2.77. The molecule has 0 aliphatic heterocycles. The third-order valence-electron chi connectivity index (χ3n) is 2.03. The van der Waals surface area contributed by atoms with Gasteiger partial charge in [-0.25, -0.2) is 0 Å². The Hall–Kier alpha value is -0.720. The van der Waals surface area contributed by atoms with E-state index in [2.05, 4.69) is 11.2 Å². The third kappa shape index (κ3) is 3.40. The van der Waals surface area contributed by atoms with E-state index in [0.717, 1.165) is 5.56 Å². The first-order chi connectivity index (χ1) is 7.19. The highest BCUT2D eigenvalue weighted by Crippen LogP contribution is 2.25. The summed E-state index contributed by atoms with van der Waals surface area (Å²) >= 11 is 11.7. The Morgan fingerprint density at radius 2 is 2.13 bits per heavy atom. The van der Waals surface area contributed by atoms with Gasteiger partial charge in [-0.2, -0.15) is 0 Å².